The summed E-state index contributed by atoms with van der Waals surface area (Å²) >= 11 is 0. The molecule has 0 amide bonds. The van der Waals surface area contributed by atoms with E-state index in [0.29, 0.717) is 13.0 Å². The Morgan fingerprint density at radius 3 is 2.80 bits per heavy atom. The van der Waals surface area contributed by atoms with Gasteiger partial charge in [-0.15, -0.1) is 6.58 Å². The van der Waals surface area contributed by atoms with Crippen molar-refractivity contribution in [2.45, 2.75) is 31.8 Å². The third kappa shape index (κ3) is 5.82. The van der Waals surface area contributed by atoms with Crippen molar-refractivity contribution in [3.05, 3.63) is 42.5 Å². The molecule has 0 aliphatic carbocycles. The number of carbonyl (C=O) groups excluding carboxylic acids is 1. The molecule has 0 saturated carbocycles. The lowest BCUT2D eigenvalue weighted by atomic mass is 10.1. The SMILES string of the molecule is C=CC[C@@H]1O[C@H](c2ccc(OC)cc2)OC[C@H]1OC#CCOC(C)=O. The quantitative estimate of drug-likeness (QED) is 0.448. The number of benzene rings is 1. The summed E-state index contributed by atoms with van der Waals surface area (Å²) in [6.07, 6.45) is 3.84. The molecule has 1 aromatic carbocycles. The molecular formula is C19H22O6. The molecule has 0 aromatic heterocycles. The van der Waals surface area contributed by atoms with Crippen LogP contribution in [-0.2, 0) is 23.7 Å². The predicted molar refractivity (Wildman–Crippen MR) is 90.7 cm³/mol. The summed E-state index contributed by atoms with van der Waals surface area (Å²) in [6.45, 7) is 5.40. The smallest absolute Gasteiger partial charge is 0.303 e. The molecule has 0 unspecified atom stereocenters. The number of carbonyl (C=O) groups is 1. The van der Waals surface area contributed by atoms with E-state index in [1.54, 1.807) is 13.2 Å². The van der Waals surface area contributed by atoms with E-state index in [1.165, 1.54) is 6.92 Å². The average Bonchev–Trinajstić information content (AvgIpc) is 2.62. The van der Waals surface area contributed by atoms with Gasteiger partial charge in [0.1, 0.15) is 18.0 Å². The molecule has 0 spiro atoms. The molecule has 0 N–H and O–H groups in total. The van der Waals surface area contributed by atoms with Crippen LogP contribution in [0.25, 0.3) is 0 Å². The van der Waals surface area contributed by atoms with Crippen LogP contribution in [0.5, 0.6) is 5.75 Å². The van der Waals surface area contributed by atoms with Crippen LogP contribution in [0.3, 0.4) is 0 Å². The van der Waals surface area contributed by atoms with Crippen molar-refractivity contribution >= 4 is 5.97 Å². The Bertz CT molecular complexity index is 628. The Morgan fingerprint density at radius 2 is 2.16 bits per heavy atom. The Labute approximate surface area is 147 Å². The van der Waals surface area contributed by atoms with E-state index in [9.17, 15) is 4.79 Å². The van der Waals surface area contributed by atoms with Gasteiger partial charge in [0.15, 0.2) is 19.0 Å². The molecule has 2 rings (SSSR count). The number of ether oxygens (including phenoxy) is 5. The largest absolute Gasteiger partial charge is 0.497 e. The van der Waals surface area contributed by atoms with Crippen molar-refractivity contribution in [3.63, 3.8) is 0 Å². The fourth-order valence-corrected chi connectivity index (χ4v) is 2.28. The van der Waals surface area contributed by atoms with Gasteiger partial charge in [-0.1, -0.05) is 18.2 Å². The van der Waals surface area contributed by atoms with Crippen molar-refractivity contribution in [2.75, 3.05) is 20.3 Å². The molecule has 3 atom stereocenters. The van der Waals surface area contributed by atoms with Crippen LogP contribution in [0, 0.1) is 12.0 Å². The van der Waals surface area contributed by atoms with Crippen molar-refractivity contribution < 1.29 is 28.5 Å². The van der Waals surface area contributed by atoms with E-state index < -0.39 is 6.29 Å². The molecular weight excluding hydrogens is 324 g/mol. The molecule has 1 saturated heterocycles. The number of hydrogen-bond acceptors (Lipinski definition) is 6. The van der Waals surface area contributed by atoms with Gasteiger partial charge in [0.05, 0.1) is 13.7 Å². The van der Waals surface area contributed by atoms with Gasteiger partial charge < -0.3 is 23.7 Å². The molecule has 1 aromatic rings. The average molecular weight is 346 g/mol. The first kappa shape index (κ1) is 18.8. The summed E-state index contributed by atoms with van der Waals surface area (Å²) in [6, 6.07) is 7.50. The van der Waals surface area contributed by atoms with E-state index in [1.807, 2.05) is 24.3 Å². The fourth-order valence-electron chi connectivity index (χ4n) is 2.28. The molecule has 1 aliphatic heterocycles. The lowest BCUT2D eigenvalue weighted by molar-refractivity contribution is -0.254. The standard InChI is InChI=1S/C19H22O6/c1-4-6-17-18(23-12-5-11-22-14(2)20)13-24-19(25-17)15-7-9-16(21-3)10-8-15/h4,7-10,17-19H,1,6,11,13H2,2-3H3/t17-,18+,19+/m0/s1. The number of esters is 1. The summed E-state index contributed by atoms with van der Waals surface area (Å²) in [7, 11) is 1.62. The molecule has 6 nitrogen and oxygen atoms in total. The molecule has 6 heteroatoms. The summed E-state index contributed by atoms with van der Waals surface area (Å²) in [4.78, 5) is 10.7. The van der Waals surface area contributed by atoms with Crippen LogP contribution in [0.4, 0.5) is 0 Å². The third-order valence-electron chi connectivity index (χ3n) is 3.54. The number of methoxy groups -OCH3 is 1. The van der Waals surface area contributed by atoms with Gasteiger partial charge in [-0.25, -0.2) is 0 Å². The monoisotopic (exact) mass is 346 g/mol. The zero-order valence-electron chi connectivity index (χ0n) is 14.4. The fraction of sp³-hybridized carbons (Fsp3) is 0.421. The second-order valence-electron chi connectivity index (χ2n) is 5.35. The highest BCUT2D eigenvalue weighted by atomic mass is 16.7. The third-order valence-corrected chi connectivity index (χ3v) is 3.54. The molecule has 1 heterocycles. The van der Waals surface area contributed by atoms with Crippen LogP contribution < -0.4 is 4.74 Å². The van der Waals surface area contributed by atoms with E-state index in [2.05, 4.69) is 18.6 Å². The Hall–Kier alpha value is -2.49. The highest BCUT2D eigenvalue weighted by molar-refractivity contribution is 5.66. The van der Waals surface area contributed by atoms with Crippen molar-refractivity contribution in [3.8, 4) is 17.8 Å². The van der Waals surface area contributed by atoms with Gasteiger partial charge in [-0.2, -0.15) is 0 Å². The maximum atomic E-state index is 10.7. The summed E-state index contributed by atoms with van der Waals surface area (Å²) in [5.74, 6) is 3.00. The second kappa shape index (κ2) is 9.72. The van der Waals surface area contributed by atoms with Crippen LogP contribution in [0.1, 0.15) is 25.2 Å². The van der Waals surface area contributed by atoms with E-state index in [0.717, 1.165) is 11.3 Å². The topological polar surface area (TPSA) is 63.2 Å². The molecule has 0 bridgehead atoms. The van der Waals surface area contributed by atoms with Gasteiger partial charge >= 0.3 is 5.97 Å². The van der Waals surface area contributed by atoms with Gasteiger partial charge in [0, 0.05) is 12.5 Å². The normalized spacial score (nSPS) is 22.2. The lowest BCUT2D eigenvalue weighted by Gasteiger charge is -2.35. The first-order chi connectivity index (χ1) is 12.1. The molecule has 1 aliphatic rings. The minimum atomic E-state index is -0.482. The first-order valence-electron chi connectivity index (χ1n) is 7.92. The summed E-state index contributed by atoms with van der Waals surface area (Å²) < 4.78 is 27.1. The maximum Gasteiger partial charge on any atom is 0.303 e. The second-order valence-corrected chi connectivity index (χ2v) is 5.35. The number of hydrogen-bond donors (Lipinski definition) is 0. The van der Waals surface area contributed by atoms with Crippen LogP contribution in [-0.4, -0.2) is 38.5 Å². The zero-order chi connectivity index (χ0) is 18.1. The predicted octanol–water partition coefficient (Wildman–Crippen LogP) is 2.59. The molecule has 1 fully saturated rings. The summed E-state index contributed by atoms with van der Waals surface area (Å²) in [5.41, 5.74) is 0.897. The Balaban J connectivity index is 1.94. The zero-order valence-corrected chi connectivity index (χ0v) is 14.4. The van der Waals surface area contributed by atoms with Gasteiger partial charge in [-0.05, 0) is 24.5 Å². The number of rotatable bonds is 6. The van der Waals surface area contributed by atoms with Gasteiger partial charge in [-0.3, -0.25) is 4.79 Å². The highest BCUT2D eigenvalue weighted by Crippen LogP contribution is 2.30. The summed E-state index contributed by atoms with van der Waals surface area (Å²) in [5, 5.41) is 0. The van der Waals surface area contributed by atoms with Crippen LogP contribution >= 0.6 is 0 Å². The molecule has 0 radical (unpaired) electrons. The van der Waals surface area contributed by atoms with Crippen LogP contribution in [0.2, 0.25) is 0 Å². The molecule has 134 valence electrons. The Kier molecular flexibility index (Phi) is 7.33. The maximum absolute atomic E-state index is 10.7. The lowest BCUT2D eigenvalue weighted by Crippen LogP contribution is -2.41. The van der Waals surface area contributed by atoms with E-state index in [4.69, 9.17) is 23.7 Å². The van der Waals surface area contributed by atoms with E-state index in [-0.39, 0.29) is 24.8 Å². The molecule has 25 heavy (non-hydrogen) atoms. The van der Waals surface area contributed by atoms with E-state index >= 15 is 0 Å². The van der Waals surface area contributed by atoms with Crippen molar-refractivity contribution in [1.29, 1.82) is 0 Å². The van der Waals surface area contributed by atoms with Crippen LogP contribution in [0.15, 0.2) is 36.9 Å². The first-order valence-corrected chi connectivity index (χ1v) is 7.92. The minimum absolute atomic E-state index is 0.00956. The highest BCUT2D eigenvalue weighted by Gasteiger charge is 2.33. The van der Waals surface area contributed by atoms with Gasteiger partial charge in [0.2, 0.25) is 0 Å². The minimum Gasteiger partial charge on any atom is -0.497 e. The van der Waals surface area contributed by atoms with Gasteiger partial charge in [0.25, 0.3) is 0 Å². The van der Waals surface area contributed by atoms with Crippen molar-refractivity contribution in [2.24, 2.45) is 0 Å². The van der Waals surface area contributed by atoms with Crippen molar-refractivity contribution in [1.82, 2.24) is 0 Å². The Morgan fingerprint density at radius 1 is 1.40 bits per heavy atom.